The Labute approximate surface area is 177 Å². The van der Waals surface area contributed by atoms with Gasteiger partial charge in [0.05, 0.1) is 4.90 Å². The highest BCUT2D eigenvalue weighted by atomic mass is 32.2. The zero-order valence-electron chi connectivity index (χ0n) is 15.4. The van der Waals surface area contributed by atoms with Gasteiger partial charge in [0.15, 0.2) is 4.34 Å². The molecule has 0 saturated heterocycles. The number of nitrogens with one attached hydrogen (secondary N) is 2. The average Bonchev–Trinajstić information content (AvgIpc) is 3.12. The number of benzene rings is 2. The Morgan fingerprint density at radius 3 is 2.41 bits per heavy atom. The Balaban J connectivity index is 1.79. The second-order valence-electron chi connectivity index (χ2n) is 5.83. The molecule has 0 radical (unpaired) electrons. The number of hydrogen-bond acceptors (Lipinski definition) is 8. The van der Waals surface area contributed by atoms with E-state index in [2.05, 4.69) is 20.2 Å². The molecule has 4 N–H and O–H groups in total. The maximum atomic E-state index is 13.0. The third-order valence-corrected chi connectivity index (χ3v) is 7.40. The van der Waals surface area contributed by atoms with Gasteiger partial charge in [0.2, 0.25) is 21.1 Å². The highest BCUT2D eigenvalue weighted by Crippen LogP contribution is 2.38. The lowest BCUT2D eigenvalue weighted by molar-refractivity contribution is -0.115. The second-order valence-corrected chi connectivity index (χ2v) is 9.96. The lowest BCUT2D eigenvalue weighted by Crippen LogP contribution is -2.23. The van der Waals surface area contributed by atoms with Crippen LogP contribution < -0.4 is 15.8 Å². The van der Waals surface area contributed by atoms with Crippen LogP contribution in [-0.4, -0.2) is 31.1 Å². The van der Waals surface area contributed by atoms with Crippen molar-refractivity contribution in [2.45, 2.75) is 21.4 Å². The van der Waals surface area contributed by atoms with Gasteiger partial charge in [-0.05, 0) is 29.8 Å². The molecule has 1 atom stereocenters. The van der Waals surface area contributed by atoms with Crippen LogP contribution in [0.3, 0.4) is 0 Å². The number of aromatic nitrogens is 2. The fourth-order valence-corrected chi connectivity index (χ4v) is 5.34. The van der Waals surface area contributed by atoms with Crippen LogP contribution in [0.5, 0.6) is 0 Å². The largest absolute Gasteiger partial charge is 0.374 e. The van der Waals surface area contributed by atoms with Crippen molar-refractivity contribution in [1.29, 1.82) is 0 Å². The summed E-state index contributed by atoms with van der Waals surface area (Å²) in [6, 6.07) is 15.3. The molecule has 0 fully saturated rings. The molecule has 2 aromatic carbocycles. The normalized spacial score (nSPS) is 12.4. The zero-order chi connectivity index (χ0) is 20.9. The fraction of sp³-hybridized carbons (Fsp3) is 0.167. The van der Waals surface area contributed by atoms with Crippen molar-refractivity contribution < 1.29 is 13.2 Å². The minimum absolute atomic E-state index is 0.135. The number of thioether (sulfide) groups is 1. The summed E-state index contributed by atoms with van der Waals surface area (Å²) in [5.74, 6) is -0.266. The molecule has 1 unspecified atom stereocenters. The number of rotatable bonds is 8. The Kier molecular flexibility index (Phi) is 6.85. The van der Waals surface area contributed by atoms with E-state index in [0.29, 0.717) is 21.7 Å². The highest BCUT2D eigenvalue weighted by Gasteiger charge is 2.24. The van der Waals surface area contributed by atoms with Gasteiger partial charge in [-0.3, -0.25) is 4.79 Å². The molecule has 0 aliphatic heterocycles. The summed E-state index contributed by atoms with van der Waals surface area (Å²) in [7, 11) is -3.55. The van der Waals surface area contributed by atoms with Crippen LogP contribution in [0.15, 0.2) is 63.8 Å². The molecule has 29 heavy (non-hydrogen) atoms. The van der Waals surface area contributed by atoms with Crippen LogP contribution in [-0.2, 0) is 14.8 Å². The molecule has 152 valence electrons. The van der Waals surface area contributed by atoms with Gasteiger partial charge in [-0.2, -0.15) is 0 Å². The van der Waals surface area contributed by atoms with Crippen LogP contribution in [0, 0.1) is 0 Å². The lowest BCUT2D eigenvalue weighted by atomic mass is 10.1. The van der Waals surface area contributed by atoms with E-state index >= 15 is 0 Å². The monoisotopic (exact) mass is 449 g/mol. The maximum absolute atomic E-state index is 13.0. The van der Waals surface area contributed by atoms with Gasteiger partial charge in [-0.1, -0.05) is 60.4 Å². The molecule has 1 heterocycles. The Morgan fingerprint density at radius 2 is 1.83 bits per heavy atom. The second kappa shape index (κ2) is 9.35. The van der Waals surface area contributed by atoms with Crippen molar-refractivity contribution in [3.05, 3.63) is 60.2 Å². The SMILES string of the molecule is CCNS(=O)(=O)c1ccc(NC(=O)C(Sc2nnc(N)s2)c2ccccc2)cc1. The van der Waals surface area contributed by atoms with Gasteiger partial charge >= 0.3 is 0 Å². The lowest BCUT2D eigenvalue weighted by Gasteiger charge is -2.16. The number of nitrogens with two attached hydrogens (primary N) is 1. The van der Waals surface area contributed by atoms with Crippen molar-refractivity contribution in [1.82, 2.24) is 14.9 Å². The smallest absolute Gasteiger partial charge is 0.242 e. The quantitative estimate of drug-likeness (QED) is 0.451. The topological polar surface area (TPSA) is 127 Å². The van der Waals surface area contributed by atoms with Crippen LogP contribution in [0.4, 0.5) is 10.8 Å². The van der Waals surface area contributed by atoms with Gasteiger partial charge in [-0.25, -0.2) is 13.1 Å². The standard InChI is InChI=1S/C18H19N5O3S3/c1-2-20-29(25,26)14-10-8-13(9-11-14)21-16(24)15(12-6-4-3-5-7-12)27-18-23-22-17(19)28-18/h3-11,15,20H,2H2,1H3,(H2,19,22)(H,21,24). The average molecular weight is 450 g/mol. The van der Waals surface area contributed by atoms with Crippen LogP contribution >= 0.6 is 23.1 Å². The third-order valence-electron chi connectivity index (χ3n) is 3.75. The van der Waals surface area contributed by atoms with E-state index in [4.69, 9.17) is 5.73 Å². The first-order valence-corrected chi connectivity index (χ1v) is 11.8. The number of carbonyl (C=O) groups excluding carboxylic acids is 1. The summed E-state index contributed by atoms with van der Waals surface area (Å²) < 4.78 is 27.1. The fourth-order valence-electron chi connectivity index (χ4n) is 2.47. The van der Waals surface area contributed by atoms with Gasteiger partial charge in [-0.15, -0.1) is 10.2 Å². The summed E-state index contributed by atoms with van der Waals surface area (Å²) in [6.07, 6.45) is 0. The van der Waals surface area contributed by atoms with E-state index < -0.39 is 15.3 Å². The summed E-state index contributed by atoms with van der Waals surface area (Å²) in [5, 5.41) is 10.3. The summed E-state index contributed by atoms with van der Waals surface area (Å²) in [4.78, 5) is 13.1. The van der Waals surface area contributed by atoms with Crippen molar-refractivity contribution in [3.63, 3.8) is 0 Å². The van der Waals surface area contributed by atoms with E-state index in [1.54, 1.807) is 19.1 Å². The van der Waals surface area contributed by atoms with Crippen LogP contribution in [0.1, 0.15) is 17.7 Å². The number of nitrogen functional groups attached to an aromatic ring is 1. The molecule has 3 rings (SSSR count). The van der Waals surface area contributed by atoms with E-state index in [9.17, 15) is 13.2 Å². The van der Waals surface area contributed by atoms with Crippen LogP contribution in [0.2, 0.25) is 0 Å². The molecule has 0 spiro atoms. The van der Waals surface area contributed by atoms with E-state index in [0.717, 1.165) is 5.56 Å². The van der Waals surface area contributed by atoms with Gasteiger partial charge in [0, 0.05) is 12.2 Å². The summed E-state index contributed by atoms with van der Waals surface area (Å²) in [6.45, 7) is 2.01. The maximum Gasteiger partial charge on any atom is 0.242 e. The number of nitrogens with zero attached hydrogens (tertiary/aromatic N) is 2. The number of carbonyl (C=O) groups is 1. The van der Waals surface area contributed by atoms with Crippen molar-refractivity contribution in [2.75, 3.05) is 17.6 Å². The van der Waals surface area contributed by atoms with Crippen molar-refractivity contribution in [3.8, 4) is 0 Å². The first-order valence-electron chi connectivity index (χ1n) is 8.60. The Bertz CT molecular complexity index is 1070. The molecule has 0 saturated carbocycles. The van der Waals surface area contributed by atoms with Gasteiger partial charge in [0.1, 0.15) is 5.25 Å². The molecule has 0 aliphatic rings. The minimum atomic E-state index is -3.55. The number of amides is 1. The zero-order valence-corrected chi connectivity index (χ0v) is 17.9. The predicted molar refractivity (Wildman–Crippen MR) is 115 cm³/mol. The molecule has 0 aliphatic carbocycles. The summed E-state index contributed by atoms with van der Waals surface area (Å²) >= 11 is 2.46. The van der Waals surface area contributed by atoms with Crippen molar-refractivity contribution >= 4 is 49.8 Å². The summed E-state index contributed by atoms with van der Waals surface area (Å²) in [5.41, 5.74) is 6.93. The number of hydrogen-bond donors (Lipinski definition) is 3. The highest BCUT2D eigenvalue weighted by molar-refractivity contribution is 8.02. The van der Waals surface area contributed by atoms with Gasteiger partial charge < -0.3 is 11.1 Å². The molecule has 1 aromatic heterocycles. The molecule has 8 nitrogen and oxygen atoms in total. The molecule has 11 heteroatoms. The number of anilines is 2. The first kappa shape index (κ1) is 21.2. The molecule has 1 amide bonds. The Morgan fingerprint density at radius 1 is 1.14 bits per heavy atom. The predicted octanol–water partition coefficient (Wildman–Crippen LogP) is 2.89. The van der Waals surface area contributed by atoms with E-state index in [-0.39, 0.29) is 10.8 Å². The van der Waals surface area contributed by atoms with Crippen molar-refractivity contribution in [2.24, 2.45) is 0 Å². The third kappa shape index (κ3) is 5.54. The molecule has 0 bridgehead atoms. The number of sulfonamides is 1. The van der Waals surface area contributed by atoms with E-state index in [1.165, 1.54) is 35.2 Å². The Hall–Kier alpha value is -2.47. The van der Waals surface area contributed by atoms with Gasteiger partial charge in [0.25, 0.3) is 0 Å². The molecular formula is C18H19N5O3S3. The van der Waals surface area contributed by atoms with E-state index in [1.807, 2.05) is 30.3 Å². The first-order chi connectivity index (χ1) is 13.9. The van der Waals surface area contributed by atoms with Crippen LogP contribution in [0.25, 0.3) is 0 Å². The molecular weight excluding hydrogens is 430 g/mol. The molecule has 3 aromatic rings. The minimum Gasteiger partial charge on any atom is -0.374 e.